The second kappa shape index (κ2) is 4.45. The predicted octanol–water partition coefficient (Wildman–Crippen LogP) is 1.53. The van der Waals surface area contributed by atoms with E-state index in [9.17, 15) is 4.79 Å². The van der Waals surface area contributed by atoms with Gasteiger partial charge in [-0.2, -0.15) is 5.26 Å². The maximum absolute atomic E-state index is 12.0. The number of benzene rings is 1. The highest BCUT2D eigenvalue weighted by Gasteiger charge is 2.06. The van der Waals surface area contributed by atoms with Gasteiger partial charge in [0.2, 0.25) is 0 Å². The molecule has 1 N–H and O–H groups in total. The molecule has 0 bridgehead atoms. The first-order valence-electron chi connectivity index (χ1n) is 4.98. The maximum atomic E-state index is 12.0. The van der Waals surface area contributed by atoms with Gasteiger partial charge in [0.1, 0.15) is 0 Å². The minimum absolute atomic E-state index is 0.186. The summed E-state index contributed by atoms with van der Waals surface area (Å²) in [6, 6.07) is 11.5. The molecule has 1 heterocycles. The molecule has 0 amide bonds. The summed E-state index contributed by atoms with van der Waals surface area (Å²) in [6.45, 7) is 0. The molecule has 0 spiro atoms. The van der Waals surface area contributed by atoms with Crippen LogP contribution in [0.1, 0.15) is 15.9 Å². The first-order valence-corrected chi connectivity index (χ1v) is 4.98. The molecule has 82 valence electrons. The van der Waals surface area contributed by atoms with Crippen LogP contribution in [-0.4, -0.2) is 10.5 Å². The van der Waals surface area contributed by atoms with Gasteiger partial charge >= 0.3 is 0 Å². The number of hydrogen-bond acceptors (Lipinski definition) is 3. The van der Waals surface area contributed by atoms with Crippen LogP contribution in [0.4, 0.5) is 0 Å². The van der Waals surface area contributed by atoms with Crippen molar-refractivity contribution in [2.24, 2.45) is 0 Å². The molecular formula is C13H9N3O. The lowest BCUT2D eigenvalue weighted by Gasteiger charge is -2.04. The van der Waals surface area contributed by atoms with Gasteiger partial charge in [0.25, 0.3) is 5.91 Å². The summed E-state index contributed by atoms with van der Waals surface area (Å²) >= 11 is 0. The Morgan fingerprint density at radius 2 is 1.71 bits per heavy atom. The Hall–Kier alpha value is -2.67. The number of hydrogen-bond donors (Lipinski definition) is 1. The van der Waals surface area contributed by atoms with Crippen molar-refractivity contribution >= 4 is 5.91 Å². The van der Waals surface area contributed by atoms with Gasteiger partial charge in [-0.3, -0.25) is 9.36 Å². The van der Waals surface area contributed by atoms with Crippen molar-refractivity contribution in [1.29, 1.82) is 10.7 Å². The van der Waals surface area contributed by atoms with Crippen LogP contribution in [-0.2, 0) is 0 Å². The lowest BCUT2D eigenvalue weighted by molar-refractivity contribution is 0.0959. The lowest BCUT2D eigenvalue weighted by atomic mass is 10.1. The third-order valence-electron chi connectivity index (χ3n) is 2.32. The topological polar surface area (TPSA) is 69.6 Å². The molecule has 0 aliphatic heterocycles. The molecule has 0 unspecified atom stereocenters. The molecule has 4 nitrogen and oxygen atoms in total. The van der Waals surface area contributed by atoms with Crippen molar-refractivity contribution in [2.45, 2.75) is 0 Å². The number of pyridine rings is 1. The zero-order chi connectivity index (χ0) is 12.3. The Labute approximate surface area is 97.9 Å². The monoisotopic (exact) mass is 223 g/mol. The van der Waals surface area contributed by atoms with Crippen molar-refractivity contribution in [3.63, 3.8) is 0 Å². The molecule has 1 aromatic heterocycles. The molecule has 0 saturated heterocycles. The quantitative estimate of drug-likeness (QED) is 0.796. The summed E-state index contributed by atoms with van der Waals surface area (Å²) in [7, 11) is 0. The molecular weight excluding hydrogens is 214 g/mol. The summed E-state index contributed by atoms with van der Waals surface area (Å²) in [5.41, 5.74) is 1.03. The van der Waals surface area contributed by atoms with Crippen LogP contribution in [0.2, 0.25) is 0 Å². The molecule has 0 radical (unpaired) electrons. The van der Waals surface area contributed by atoms with Gasteiger partial charge < -0.3 is 5.41 Å². The highest BCUT2D eigenvalue weighted by Crippen LogP contribution is 2.05. The van der Waals surface area contributed by atoms with Crippen LogP contribution in [0, 0.1) is 16.7 Å². The number of aromatic nitrogens is 1. The first-order chi connectivity index (χ1) is 8.20. The summed E-state index contributed by atoms with van der Waals surface area (Å²) in [5, 5.41) is 16.3. The normalized spacial score (nSPS) is 9.59. The van der Waals surface area contributed by atoms with Gasteiger partial charge in [-0.25, -0.2) is 0 Å². The first kappa shape index (κ1) is 10.8. The van der Waals surface area contributed by atoms with E-state index in [4.69, 9.17) is 10.7 Å². The SMILES string of the molecule is N#Cc1ccc(C(=O)n2ccc(=N)cc2)cc1. The summed E-state index contributed by atoms with van der Waals surface area (Å²) < 4.78 is 1.40. The number of carbonyl (C=O) groups is 1. The molecule has 0 aliphatic rings. The average molecular weight is 223 g/mol. The van der Waals surface area contributed by atoms with E-state index in [2.05, 4.69) is 0 Å². The highest BCUT2D eigenvalue weighted by atomic mass is 16.2. The molecule has 2 aromatic rings. The third-order valence-corrected chi connectivity index (χ3v) is 2.32. The van der Waals surface area contributed by atoms with Crippen molar-refractivity contribution in [3.05, 3.63) is 65.3 Å². The second-order valence-electron chi connectivity index (χ2n) is 3.49. The van der Waals surface area contributed by atoms with Crippen LogP contribution >= 0.6 is 0 Å². The molecule has 0 aliphatic carbocycles. The summed E-state index contributed by atoms with van der Waals surface area (Å²) in [4.78, 5) is 12.0. The average Bonchev–Trinajstić information content (AvgIpc) is 2.39. The fraction of sp³-hybridized carbons (Fsp3) is 0. The Morgan fingerprint density at radius 3 is 2.24 bits per heavy atom. The van der Waals surface area contributed by atoms with E-state index in [0.717, 1.165) is 0 Å². The predicted molar refractivity (Wildman–Crippen MR) is 61.2 cm³/mol. The van der Waals surface area contributed by atoms with E-state index in [1.807, 2.05) is 6.07 Å². The zero-order valence-corrected chi connectivity index (χ0v) is 8.92. The Balaban J connectivity index is 2.34. The number of nitrogens with one attached hydrogen (secondary N) is 1. The fourth-order valence-electron chi connectivity index (χ4n) is 1.40. The molecule has 4 heteroatoms. The number of nitrogens with zero attached hydrogens (tertiary/aromatic N) is 2. The summed E-state index contributed by atoms with van der Waals surface area (Å²) in [5.74, 6) is -0.186. The van der Waals surface area contributed by atoms with Crippen LogP contribution in [0.15, 0.2) is 48.8 Å². The van der Waals surface area contributed by atoms with E-state index in [1.54, 1.807) is 48.8 Å². The Kier molecular flexibility index (Phi) is 2.84. The van der Waals surface area contributed by atoms with Crippen molar-refractivity contribution < 1.29 is 4.79 Å². The van der Waals surface area contributed by atoms with Gasteiger partial charge in [-0.05, 0) is 36.4 Å². The van der Waals surface area contributed by atoms with E-state index < -0.39 is 0 Å². The van der Waals surface area contributed by atoms with Crippen LogP contribution in [0.5, 0.6) is 0 Å². The number of carbonyl (C=O) groups excluding carboxylic acids is 1. The molecule has 0 fully saturated rings. The molecule has 2 rings (SSSR count). The van der Waals surface area contributed by atoms with E-state index in [0.29, 0.717) is 16.5 Å². The standard InChI is InChI=1S/C13H9N3O/c14-9-10-1-3-11(4-2-10)13(17)16-7-5-12(15)6-8-16/h1-8,15H. The van der Waals surface area contributed by atoms with E-state index in [-0.39, 0.29) is 5.91 Å². The van der Waals surface area contributed by atoms with E-state index in [1.165, 1.54) is 4.57 Å². The minimum Gasteiger partial charge on any atom is -0.301 e. The minimum atomic E-state index is -0.186. The smallest absolute Gasteiger partial charge is 0.261 e. The van der Waals surface area contributed by atoms with Crippen molar-refractivity contribution in [1.82, 2.24) is 4.57 Å². The Morgan fingerprint density at radius 1 is 1.12 bits per heavy atom. The molecule has 1 aromatic carbocycles. The van der Waals surface area contributed by atoms with Crippen molar-refractivity contribution in [2.75, 3.05) is 0 Å². The maximum Gasteiger partial charge on any atom is 0.261 e. The molecule has 17 heavy (non-hydrogen) atoms. The van der Waals surface area contributed by atoms with Gasteiger partial charge in [0.05, 0.1) is 17.0 Å². The highest BCUT2D eigenvalue weighted by molar-refractivity contribution is 5.95. The Bertz CT molecular complexity index is 627. The third kappa shape index (κ3) is 2.29. The van der Waals surface area contributed by atoms with Gasteiger partial charge in [0.15, 0.2) is 0 Å². The van der Waals surface area contributed by atoms with Gasteiger partial charge in [-0.15, -0.1) is 0 Å². The van der Waals surface area contributed by atoms with E-state index >= 15 is 0 Å². The summed E-state index contributed by atoms with van der Waals surface area (Å²) in [6.07, 6.45) is 3.09. The van der Waals surface area contributed by atoms with Crippen molar-refractivity contribution in [3.8, 4) is 6.07 Å². The number of rotatable bonds is 1. The largest absolute Gasteiger partial charge is 0.301 e. The van der Waals surface area contributed by atoms with Gasteiger partial charge in [0, 0.05) is 18.0 Å². The lowest BCUT2D eigenvalue weighted by Crippen LogP contribution is -2.13. The zero-order valence-electron chi connectivity index (χ0n) is 8.92. The second-order valence-corrected chi connectivity index (χ2v) is 3.49. The van der Waals surface area contributed by atoms with Crippen LogP contribution < -0.4 is 5.36 Å². The van der Waals surface area contributed by atoms with Gasteiger partial charge in [-0.1, -0.05) is 0 Å². The molecule has 0 saturated carbocycles. The molecule has 0 atom stereocenters. The number of nitriles is 1. The van der Waals surface area contributed by atoms with Crippen LogP contribution in [0.25, 0.3) is 0 Å². The van der Waals surface area contributed by atoms with Crippen LogP contribution in [0.3, 0.4) is 0 Å². The fourth-order valence-corrected chi connectivity index (χ4v) is 1.40.